The maximum absolute atomic E-state index is 5.85. The maximum Gasteiger partial charge on any atom is 0.0320 e. The first kappa shape index (κ1) is 12.4. The third-order valence-electron chi connectivity index (χ3n) is 3.18. The molecule has 0 atom stereocenters. The second-order valence-corrected chi connectivity index (χ2v) is 4.64. The summed E-state index contributed by atoms with van der Waals surface area (Å²) >= 11 is 0. The van der Waals surface area contributed by atoms with Crippen molar-refractivity contribution < 1.29 is 0 Å². The Morgan fingerprint density at radius 2 is 1.78 bits per heavy atom. The van der Waals surface area contributed by atoms with Crippen molar-refractivity contribution in [2.45, 2.75) is 20.3 Å². The molecule has 0 radical (unpaired) electrons. The highest BCUT2D eigenvalue weighted by atomic mass is 14.5. The smallest absolute Gasteiger partial charge is 0.0320 e. The molecule has 0 aliphatic carbocycles. The molecule has 1 heteroatoms. The van der Waals surface area contributed by atoms with E-state index in [0.717, 1.165) is 23.2 Å². The molecule has 0 aliphatic heterocycles. The minimum atomic E-state index is 0.780. The van der Waals surface area contributed by atoms with Gasteiger partial charge in [-0.2, -0.15) is 0 Å². The zero-order chi connectivity index (χ0) is 13.1. The van der Waals surface area contributed by atoms with Gasteiger partial charge < -0.3 is 5.73 Å². The summed E-state index contributed by atoms with van der Waals surface area (Å²) in [6, 6.07) is 14.7. The average Bonchev–Trinajstić information content (AvgIpc) is 2.39. The van der Waals surface area contributed by atoms with Crippen LogP contribution in [-0.2, 0) is 6.42 Å². The molecule has 0 aliphatic rings. The van der Waals surface area contributed by atoms with Gasteiger partial charge in [0.15, 0.2) is 0 Å². The number of aryl methyl sites for hydroxylation is 1. The predicted octanol–water partition coefficient (Wildman–Crippen LogP) is 4.53. The third kappa shape index (κ3) is 2.45. The van der Waals surface area contributed by atoms with E-state index >= 15 is 0 Å². The van der Waals surface area contributed by atoms with E-state index in [1.165, 1.54) is 16.7 Å². The third-order valence-corrected chi connectivity index (χ3v) is 3.18. The molecule has 2 rings (SSSR count). The lowest BCUT2D eigenvalue weighted by molar-refractivity contribution is 1.14. The summed E-state index contributed by atoms with van der Waals surface area (Å²) < 4.78 is 0. The Labute approximate surface area is 109 Å². The van der Waals surface area contributed by atoms with Gasteiger partial charge in [-0.1, -0.05) is 49.4 Å². The van der Waals surface area contributed by atoms with Gasteiger partial charge in [-0.15, -0.1) is 0 Å². The van der Waals surface area contributed by atoms with Crippen LogP contribution < -0.4 is 5.73 Å². The first-order valence-electron chi connectivity index (χ1n) is 6.26. The molecular weight excluding hydrogens is 218 g/mol. The molecule has 2 aromatic carbocycles. The van der Waals surface area contributed by atoms with E-state index in [2.05, 4.69) is 43.8 Å². The minimum Gasteiger partial charge on any atom is -0.399 e. The monoisotopic (exact) mass is 237 g/mol. The summed E-state index contributed by atoms with van der Waals surface area (Å²) in [5, 5.41) is 0. The minimum absolute atomic E-state index is 0.780. The predicted molar refractivity (Wildman–Crippen MR) is 80.4 cm³/mol. The van der Waals surface area contributed by atoms with Crippen molar-refractivity contribution >= 4 is 11.3 Å². The number of benzene rings is 2. The molecule has 0 saturated carbocycles. The molecule has 0 amide bonds. The molecule has 2 N–H and O–H groups in total. The van der Waals surface area contributed by atoms with Crippen LogP contribution >= 0.6 is 0 Å². The molecule has 0 aromatic heterocycles. The molecule has 0 heterocycles. The van der Waals surface area contributed by atoms with E-state index in [0.29, 0.717) is 0 Å². The zero-order valence-electron chi connectivity index (χ0n) is 11.0. The molecule has 0 fully saturated rings. The van der Waals surface area contributed by atoms with Gasteiger partial charge in [-0.25, -0.2) is 0 Å². The molecule has 2 aromatic rings. The Hall–Kier alpha value is -2.02. The molecule has 0 bridgehead atoms. The fourth-order valence-electron chi connectivity index (χ4n) is 2.09. The summed E-state index contributed by atoms with van der Waals surface area (Å²) in [5.41, 5.74) is 12.6. The Morgan fingerprint density at radius 1 is 1.11 bits per heavy atom. The van der Waals surface area contributed by atoms with Crippen molar-refractivity contribution in [2.24, 2.45) is 0 Å². The van der Waals surface area contributed by atoms with Gasteiger partial charge in [0, 0.05) is 5.69 Å². The first-order chi connectivity index (χ1) is 8.61. The van der Waals surface area contributed by atoms with Gasteiger partial charge in [0.25, 0.3) is 0 Å². The van der Waals surface area contributed by atoms with Crippen LogP contribution in [0, 0.1) is 0 Å². The highest BCUT2D eigenvalue weighted by molar-refractivity contribution is 5.81. The normalized spacial score (nSPS) is 10.3. The van der Waals surface area contributed by atoms with Gasteiger partial charge in [-0.3, -0.25) is 0 Å². The first-order valence-corrected chi connectivity index (χ1v) is 6.26. The lowest BCUT2D eigenvalue weighted by atomic mass is 9.94. The zero-order valence-corrected chi connectivity index (χ0v) is 11.0. The Kier molecular flexibility index (Phi) is 3.52. The van der Waals surface area contributed by atoms with E-state index in [1.54, 1.807) is 0 Å². The van der Waals surface area contributed by atoms with Crippen molar-refractivity contribution in [3.05, 3.63) is 60.2 Å². The molecule has 1 nitrogen and oxygen atoms in total. The highest BCUT2D eigenvalue weighted by Crippen LogP contribution is 2.30. The summed E-state index contributed by atoms with van der Waals surface area (Å²) in [6.45, 7) is 8.21. The summed E-state index contributed by atoms with van der Waals surface area (Å²) in [7, 11) is 0. The van der Waals surface area contributed by atoms with Crippen LogP contribution in [0.15, 0.2) is 49.0 Å². The summed E-state index contributed by atoms with van der Waals surface area (Å²) in [5.74, 6) is 0. The van der Waals surface area contributed by atoms with E-state index in [9.17, 15) is 0 Å². The average molecular weight is 237 g/mol. The number of nitrogen functional groups attached to an aromatic ring is 1. The number of rotatable bonds is 3. The van der Waals surface area contributed by atoms with Crippen LogP contribution in [0.25, 0.3) is 16.7 Å². The Balaban J connectivity index is 2.52. The number of hydrogen-bond donors (Lipinski definition) is 1. The highest BCUT2D eigenvalue weighted by Gasteiger charge is 2.06. The van der Waals surface area contributed by atoms with Gasteiger partial charge in [0.2, 0.25) is 0 Å². The molecule has 92 valence electrons. The Morgan fingerprint density at radius 3 is 2.33 bits per heavy atom. The van der Waals surface area contributed by atoms with E-state index < -0.39 is 0 Å². The fourth-order valence-corrected chi connectivity index (χ4v) is 2.09. The van der Waals surface area contributed by atoms with Crippen molar-refractivity contribution in [1.82, 2.24) is 0 Å². The largest absolute Gasteiger partial charge is 0.399 e. The van der Waals surface area contributed by atoms with Crippen LogP contribution in [-0.4, -0.2) is 0 Å². The molecule has 0 spiro atoms. The number of nitrogens with two attached hydrogens (primary N) is 1. The quantitative estimate of drug-likeness (QED) is 0.780. The molecular formula is C17H19N. The van der Waals surface area contributed by atoms with Crippen LogP contribution in [0.3, 0.4) is 0 Å². The molecule has 18 heavy (non-hydrogen) atoms. The van der Waals surface area contributed by atoms with Gasteiger partial charge in [-0.05, 0) is 47.7 Å². The van der Waals surface area contributed by atoms with Crippen molar-refractivity contribution in [1.29, 1.82) is 0 Å². The van der Waals surface area contributed by atoms with Gasteiger partial charge in [0.05, 0.1) is 0 Å². The molecule has 0 unspecified atom stereocenters. The standard InChI is InChI=1S/C17H19N/c1-4-13-5-7-14(8-6-13)16-10-9-15(18)11-17(16)12(2)3/h5-11H,2,4,18H2,1,3H3. The number of allylic oxidation sites excluding steroid dienone is 1. The molecule has 0 saturated heterocycles. The lowest BCUT2D eigenvalue weighted by Crippen LogP contribution is -1.91. The van der Waals surface area contributed by atoms with E-state index in [1.807, 2.05) is 19.1 Å². The van der Waals surface area contributed by atoms with Crippen LogP contribution in [0.1, 0.15) is 25.0 Å². The van der Waals surface area contributed by atoms with Gasteiger partial charge >= 0.3 is 0 Å². The topological polar surface area (TPSA) is 26.0 Å². The summed E-state index contributed by atoms with van der Waals surface area (Å²) in [4.78, 5) is 0. The van der Waals surface area contributed by atoms with Crippen molar-refractivity contribution in [3.8, 4) is 11.1 Å². The fraction of sp³-hybridized carbons (Fsp3) is 0.176. The van der Waals surface area contributed by atoms with E-state index in [-0.39, 0.29) is 0 Å². The van der Waals surface area contributed by atoms with Crippen LogP contribution in [0.2, 0.25) is 0 Å². The maximum atomic E-state index is 5.85. The van der Waals surface area contributed by atoms with Crippen molar-refractivity contribution in [3.63, 3.8) is 0 Å². The SMILES string of the molecule is C=C(C)c1cc(N)ccc1-c1ccc(CC)cc1. The van der Waals surface area contributed by atoms with Crippen molar-refractivity contribution in [2.75, 3.05) is 5.73 Å². The number of anilines is 1. The summed E-state index contributed by atoms with van der Waals surface area (Å²) in [6.07, 6.45) is 1.06. The second-order valence-electron chi connectivity index (χ2n) is 4.64. The lowest BCUT2D eigenvalue weighted by Gasteiger charge is -2.11. The van der Waals surface area contributed by atoms with E-state index in [4.69, 9.17) is 5.73 Å². The number of hydrogen-bond acceptors (Lipinski definition) is 1. The van der Waals surface area contributed by atoms with Crippen LogP contribution in [0.5, 0.6) is 0 Å². The Bertz CT molecular complexity index is 565. The second kappa shape index (κ2) is 5.09. The van der Waals surface area contributed by atoms with Crippen LogP contribution in [0.4, 0.5) is 5.69 Å². The van der Waals surface area contributed by atoms with Gasteiger partial charge in [0.1, 0.15) is 0 Å².